The summed E-state index contributed by atoms with van der Waals surface area (Å²) in [6, 6.07) is 48.3. The van der Waals surface area contributed by atoms with Crippen molar-refractivity contribution in [3.05, 3.63) is 191 Å². The van der Waals surface area contributed by atoms with E-state index in [1.54, 1.807) is 64.4 Å². The molecule has 8 heteroatoms. The van der Waals surface area contributed by atoms with Crippen LogP contribution in [0.5, 0.6) is 0 Å². The lowest BCUT2D eigenvalue weighted by Crippen LogP contribution is -2.62. The van der Waals surface area contributed by atoms with E-state index in [1.807, 2.05) is 103 Å². The molecule has 2 atom stereocenters. The van der Waals surface area contributed by atoms with Crippen molar-refractivity contribution < 1.29 is 19.2 Å². The lowest BCUT2D eigenvalue weighted by molar-refractivity contribution is -0.119. The van der Waals surface area contributed by atoms with Crippen LogP contribution in [-0.4, -0.2) is 23.6 Å². The number of carbonyl (C=O) groups excluding carboxylic acids is 4. The van der Waals surface area contributed by atoms with Gasteiger partial charge in [-0.3, -0.25) is 29.0 Å². The second-order valence-electron chi connectivity index (χ2n) is 13.0. The molecule has 52 heavy (non-hydrogen) atoms. The minimum atomic E-state index is -1.36. The zero-order valence-corrected chi connectivity index (χ0v) is 28.5. The van der Waals surface area contributed by atoms with E-state index in [-0.39, 0.29) is 23.6 Å². The van der Waals surface area contributed by atoms with Crippen LogP contribution in [0.1, 0.15) is 56.8 Å². The van der Waals surface area contributed by atoms with Gasteiger partial charge in [0, 0.05) is 47.5 Å². The monoisotopic (exact) mass is 682 g/mol. The third-order valence-corrected chi connectivity index (χ3v) is 10.1. The number of benzene rings is 6. The number of carbonyl (C=O) groups is 4. The predicted octanol–water partition coefficient (Wildman–Crippen LogP) is 8.11. The highest BCUT2D eigenvalue weighted by atomic mass is 16.2. The maximum absolute atomic E-state index is 14.5. The van der Waals surface area contributed by atoms with E-state index < -0.39 is 11.1 Å². The van der Waals surface area contributed by atoms with Gasteiger partial charge in [0.2, 0.25) is 11.8 Å². The van der Waals surface area contributed by atoms with Gasteiger partial charge < -0.3 is 10.6 Å². The molecule has 0 spiro atoms. The number of nitrogens with zero attached hydrogens (tertiary/aromatic N) is 2. The second-order valence-corrected chi connectivity index (χ2v) is 13.0. The first-order valence-corrected chi connectivity index (χ1v) is 17.0. The minimum absolute atomic E-state index is 0.234. The largest absolute Gasteiger partial charge is 0.322 e. The van der Waals surface area contributed by atoms with Gasteiger partial charge in [-0.15, -0.1) is 0 Å². The van der Waals surface area contributed by atoms with Gasteiger partial charge in [-0.2, -0.15) is 0 Å². The third-order valence-electron chi connectivity index (χ3n) is 10.1. The first kappa shape index (κ1) is 32.4. The summed E-state index contributed by atoms with van der Waals surface area (Å²) < 4.78 is 0. The van der Waals surface area contributed by atoms with E-state index in [9.17, 15) is 19.2 Å². The number of fused-ring (bicyclic) bond motifs is 5. The van der Waals surface area contributed by atoms with Crippen LogP contribution < -0.4 is 20.4 Å². The summed E-state index contributed by atoms with van der Waals surface area (Å²) in [4.78, 5) is 59.1. The normalized spacial score (nSPS) is 18.2. The molecule has 254 valence electrons. The van der Waals surface area contributed by atoms with Crippen LogP contribution in [0.4, 0.5) is 22.7 Å². The van der Waals surface area contributed by atoms with Crippen LogP contribution in [0.2, 0.25) is 0 Å². The first-order chi connectivity index (χ1) is 25.3. The molecule has 2 heterocycles. The number of anilines is 4. The van der Waals surface area contributed by atoms with Crippen LogP contribution in [-0.2, 0) is 20.7 Å². The standard InChI is InChI=1S/C44H34N4O4/c1-29(49)47-39-26-24-35(45-41(51)31-15-7-3-8-16-31)27-38(39)44(34-21-13-6-14-22-34)43(47,33-19-11-5-12-20-33)37-25-23-36(28-40(37)48(44)30(2)50)46-42(52)32-17-9-4-10-18-32/h3-28H,1-2H3,(H,45,51)(H,46,52). The molecule has 0 bridgehead atoms. The minimum Gasteiger partial charge on any atom is -0.322 e. The van der Waals surface area contributed by atoms with Gasteiger partial charge in [-0.05, 0) is 65.7 Å². The van der Waals surface area contributed by atoms with Crippen LogP contribution in [0, 0.1) is 0 Å². The van der Waals surface area contributed by atoms with Gasteiger partial charge in [0.05, 0.1) is 11.4 Å². The molecule has 2 unspecified atom stereocenters. The van der Waals surface area contributed by atoms with Crippen molar-refractivity contribution in [2.45, 2.75) is 24.9 Å². The van der Waals surface area contributed by atoms with Gasteiger partial charge in [0.1, 0.15) is 11.1 Å². The number of nitrogens with one attached hydrogen (secondary N) is 2. The van der Waals surface area contributed by atoms with Gasteiger partial charge in [0.15, 0.2) is 0 Å². The number of rotatable bonds is 6. The number of hydrogen-bond donors (Lipinski definition) is 2. The molecule has 8 nitrogen and oxygen atoms in total. The summed E-state index contributed by atoms with van der Waals surface area (Å²) in [5.74, 6) is -1.09. The molecule has 8 rings (SSSR count). The molecule has 2 N–H and O–H groups in total. The second kappa shape index (κ2) is 12.5. The summed E-state index contributed by atoms with van der Waals surface area (Å²) >= 11 is 0. The summed E-state index contributed by atoms with van der Waals surface area (Å²) in [5.41, 5.74) is 3.37. The topological polar surface area (TPSA) is 98.8 Å². The Balaban J connectivity index is 1.43. The van der Waals surface area contributed by atoms with E-state index in [1.165, 1.54) is 13.8 Å². The quantitative estimate of drug-likeness (QED) is 0.186. The molecular formula is C44H34N4O4. The highest BCUT2D eigenvalue weighted by molar-refractivity contribution is 6.10. The fourth-order valence-electron chi connectivity index (χ4n) is 8.26. The zero-order chi connectivity index (χ0) is 36.0. The molecule has 6 aromatic rings. The number of hydrogen-bond acceptors (Lipinski definition) is 4. The van der Waals surface area contributed by atoms with Crippen molar-refractivity contribution in [3.63, 3.8) is 0 Å². The van der Waals surface area contributed by atoms with Crippen LogP contribution in [0.15, 0.2) is 158 Å². The van der Waals surface area contributed by atoms with Crippen molar-refractivity contribution in [1.29, 1.82) is 0 Å². The van der Waals surface area contributed by atoms with E-state index in [4.69, 9.17) is 0 Å². The lowest BCUT2D eigenvalue weighted by atomic mass is 9.65. The SMILES string of the molecule is CC(=O)N1c2ccc(NC(=O)c3ccccc3)cc2C2(c3ccccc3)N(C(C)=O)c3cc(NC(=O)c4ccccc4)ccc3C12c1ccccc1. The van der Waals surface area contributed by atoms with Crippen molar-refractivity contribution in [2.75, 3.05) is 20.4 Å². The molecule has 0 radical (unpaired) electrons. The maximum Gasteiger partial charge on any atom is 0.255 e. The van der Waals surface area contributed by atoms with Gasteiger partial charge in [-0.25, -0.2) is 0 Å². The summed E-state index contributed by atoms with van der Waals surface area (Å²) in [5, 5.41) is 6.06. The molecule has 0 aliphatic carbocycles. The third kappa shape index (κ3) is 4.68. The van der Waals surface area contributed by atoms with Gasteiger partial charge >= 0.3 is 0 Å². The highest BCUT2D eigenvalue weighted by Crippen LogP contribution is 2.70. The molecule has 6 aromatic carbocycles. The predicted molar refractivity (Wildman–Crippen MR) is 202 cm³/mol. The fourth-order valence-corrected chi connectivity index (χ4v) is 8.26. The van der Waals surface area contributed by atoms with Gasteiger partial charge in [0.25, 0.3) is 11.8 Å². The first-order valence-electron chi connectivity index (χ1n) is 17.0. The van der Waals surface area contributed by atoms with E-state index >= 15 is 0 Å². The molecule has 4 amide bonds. The van der Waals surface area contributed by atoms with E-state index in [0.29, 0.717) is 45.0 Å². The zero-order valence-electron chi connectivity index (χ0n) is 28.5. The summed E-state index contributed by atoms with van der Waals surface area (Å²) in [6.07, 6.45) is 0. The molecule has 0 aromatic heterocycles. The van der Waals surface area contributed by atoms with Crippen LogP contribution in [0.25, 0.3) is 0 Å². The summed E-state index contributed by atoms with van der Waals surface area (Å²) in [6.45, 7) is 3.05. The van der Waals surface area contributed by atoms with Crippen molar-refractivity contribution >= 4 is 46.4 Å². The highest BCUT2D eigenvalue weighted by Gasteiger charge is 2.73. The Morgan fingerprint density at radius 3 is 1.33 bits per heavy atom. The fraction of sp³-hybridized carbons (Fsp3) is 0.0909. The smallest absolute Gasteiger partial charge is 0.255 e. The Kier molecular flexibility index (Phi) is 7.80. The Labute approximate surface area is 301 Å². The molecule has 0 saturated heterocycles. The Morgan fingerprint density at radius 1 is 0.442 bits per heavy atom. The van der Waals surface area contributed by atoms with Crippen LogP contribution >= 0.6 is 0 Å². The molecule has 0 fully saturated rings. The average Bonchev–Trinajstić information content (AvgIpc) is 3.59. The van der Waals surface area contributed by atoms with Crippen molar-refractivity contribution in [1.82, 2.24) is 0 Å². The summed E-state index contributed by atoms with van der Waals surface area (Å²) in [7, 11) is 0. The molecule has 0 saturated carbocycles. The van der Waals surface area contributed by atoms with Crippen LogP contribution in [0.3, 0.4) is 0 Å². The van der Waals surface area contributed by atoms with Gasteiger partial charge in [-0.1, -0.05) is 103 Å². The molecule has 2 aliphatic heterocycles. The maximum atomic E-state index is 14.5. The lowest BCUT2D eigenvalue weighted by Gasteiger charge is -2.49. The Hall–Kier alpha value is -6.80. The molecular weight excluding hydrogens is 649 g/mol. The number of amides is 4. The molecule has 2 aliphatic rings. The Morgan fingerprint density at radius 2 is 0.846 bits per heavy atom. The van der Waals surface area contributed by atoms with Crippen molar-refractivity contribution in [3.8, 4) is 0 Å². The average molecular weight is 683 g/mol. The van der Waals surface area contributed by atoms with E-state index in [0.717, 1.165) is 11.1 Å². The van der Waals surface area contributed by atoms with E-state index in [2.05, 4.69) is 10.6 Å². The van der Waals surface area contributed by atoms with Crippen molar-refractivity contribution in [2.24, 2.45) is 0 Å². The Bertz CT molecular complexity index is 2370.